The van der Waals surface area contributed by atoms with E-state index in [4.69, 9.17) is 17.0 Å². The van der Waals surface area contributed by atoms with E-state index in [1.165, 1.54) is 11.8 Å². The van der Waals surface area contributed by atoms with Gasteiger partial charge in [-0.05, 0) is 25.5 Å². The maximum atomic E-state index is 13.6. The average molecular weight is 515 g/mol. The van der Waals surface area contributed by atoms with E-state index in [1.807, 2.05) is 24.3 Å². The number of carbonyl (C=O) groups excluding carboxylic acids is 2. The molecule has 0 N–H and O–H groups in total. The molecular weight excluding hydrogens is 484 g/mol. The van der Waals surface area contributed by atoms with Crippen molar-refractivity contribution in [2.45, 2.75) is 26.7 Å². The summed E-state index contributed by atoms with van der Waals surface area (Å²) in [6.07, 6.45) is 3.21. The predicted octanol–water partition coefficient (Wildman–Crippen LogP) is 3.82. The zero-order chi connectivity index (χ0) is 25.1. The summed E-state index contributed by atoms with van der Waals surface area (Å²) in [7, 11) is 1.75. The topological polar surface area (TPSA) is 75.1 Å². The number of thioether (sulfide) groups is 1. The Morgan fingerprint density at radius 3 is 2.54 bits per heavy atom. The van der Waals surface area contributed by atoms with Crippen LogP contribution in [0.2, 0.25) is 0 Å². The molecule has 2 fully saturated rings. The van der Waals surface area contributed by atoms with E-state index in [0.29, 0.717) is 54.1 Å². The number of rotatable bonds is 6. The van der Waals surface area contributed by atoms with Gasteiger partial charge in [-0.25, -0.2) is 4.79 Å². The van der Waals surface area contributed by atoms with Crippen molar-refractivity contribution in [3.8, 4) is 0 Å². The minimum Gasteiger partial charge on any atom is -0.450 e. The van der Waals surface area contributed by atoms with Crippen LogP contribution in [0, 0.1) is 0 Å². The first-order valence-electron chi connectivity index (χ1n) is 11.9. The second kappa shape index (κ2) is 10.8. The maximum absolute atomic E-state index is 13.6. The van der Waals surface area contributed by atoms with Gasteiger partial charge in [-0.1, -0.05) is 55.5 Å². The van der Waals surface area contributed by atoms with E-state index in [9.17, 15) is 14.4 Å². The fraction of sp³-hybridized carbons (Fsp3) is 0.440. The first-order valence-corrected chi connectivity index (χ1v) is 13.1. The fourth-order valence-corrected chi connectivity index (χ4v) is 5.73. The van der Waals surface area contributed by atoms with Crippen molar-refractivity contribution < 1.29 is 14.3 Å². The standard InChI is InChI=1S/C25H30N4O4S2/c1-4-6-11-29-23(31)20(35-25(29)34)16-18-21(17-9-7-8-10-19(17)26(3)22(18)30)27-12-14-28(15-13-27)24(32)33-5-2/h7-10,16H,4-6,11-15H2,1-3H3. The smallest absolute Gasteiger partial charge is 0.409 e. The van der Waals surface area contributed by atoms with Crippen LogP contribution >= 0.6 is 24.0 Å². The first kappa shape index (κ1) is 25.2. The number of aryl methyl sites for hydroxylation is 1. The highest BCUT2D eigenvalue weighted by Gasteiger charge is 2.33. The molecule has 2 amide bonds. The lowest BCUT2D eigenvalue weighted by molar-refractivity contribution is -0.122. The van der Waals surface area contributed by atoms with E-state index < -0.39 is 0 Å². The Morgan fingerprint density at radius 2 is 1.86 bits per heavy atom. The molecule has 186 valence electrons. The zero-order valence-electron chi connectivity index (χ0n) is 20.3. The molecule has 0 radical (unpaired) electrons. The third-order valence-corrected chi connectivity index (χ3v) is 7.69. The third-order valence-electron chi connectivity index (χ3n) is 6.32. The summed E-state index contributed by atoms with van der Waals surface area (Å²) in [5.74, 6) is -0.151. The van der Waals surface area contributed by atoms with E-state index in [2.05, 4.69) is 11.8 Å². The van der Waals surface area contributed by atoms with Gasteiger partial charge in [-0.15, -0.1) is 0 Å². The number of benzene rings is 1. The number of piperazine rings is 1. The Kier molecular flexibility index (Phi) is 7.81. The van der Waals surface area contributed by atoms with Gasteiger partial charge in [0.15, 0.2) is 0 Å². The summed E-state index contributed by atoms with van der Waals surface area (Å²) in [4.78, 5) is 44.8. The van der Waals surface area contributed by atoms with Crippen LogP contribution in [0.4, 0.5) is 10.5 Å². The monoisotopic (exact) mass is 514 g/mol. The normalized spacial score (nSPS) is 17.7. The number of pyridine rings is 1. The van der Waals surface area contributed by atoms with Gasteiger partial charge in [0.1, 0.15) is 4.32 Å². The first-order chi connectivity index (χ1) is 16.9. The van der Waals surface area contributed by atoms with Gasteiger partial charge >= 0.3 is 6.09 Å². The fourth-order valence-electron chi connectivity index (χ4n) is 4.44. The number of hydrogen-bond donors (Lipinski definition) is 0. The molecular formula is C25H30N4O4S2. The van der Waals surface area contributed by atoms with Gasteiger partial charge in [0.05, 0.1) is 28.3 Å². The summed E-state index contributed by atoms with van der Waals surface area (Å²) in [6, 6.07) is 7.76. The van der Waals surface area contributed by atoms with E-state index in [0.717, 1.165) is 29.4 Å². The number of aromatic nitrogens is 1. The third kappa shape index (κ3) is 4.95. The predicted molar refractivity (Wildman–Crippen MR) is 145 cm³/mol. The number of thiocarbonyl (C=S) groups is 1. The molecule has 1 aromatic heterocycles. The van der Waals surface area contributed by atoms with Gasteiger partial charge in [-0.3, -0.25) is 14.5 Å². The molecule has 1 aromatic carbocycles. The summed E-state index contributed by atoms with van der Waals surface area (Å²) in [5.41, 5.74) is 1.89. The Hall–Kier alpha value is -2.85. The average Bonchev–Trinajstić information content (AvgIpc) is 3.13. The molecule has 35 heavy (non-hydrogen) atoms. The molecule has 0 atom stereocenters. The van der Waals surface area contributed by atoms with Crippen LogP contribution in [0.25, 0.3) is 17.0 Å². The molecule has 2 aliphatic rings. The van der Waals surface area contributed by atoms with Crippen molar-refractivity contribution in [3.05, 3.63) is 45.1 Å². The van der Waals surface area contributed by atoms with Crippen LogP contribution < -0.4 is 10.5 Å². The van der Waals surface area contributed by atoms with E-state index in [1.54, 1.807) is 34.4 Å². The van der Waals surface area contributed by atoms with Crippen molar-refractivity contribution in [2.75, 3.05) is 44.2 Å². The number of carbonyl (C=O) groups is 2. The van der Waals surface area contributed by atoms with Crippen molar-refractivity contribution >= 4 is 63.0 Å². The van der Waals surface area contributed by atoms with Gasteiger partial charge in [0.25, 0.3) is 11.5 Å². The molecule has 0 bridgehead atoms. The number of fused-ring (bicyclic) bond motifs is 1. The molecule has 2 aromatic rings. The Balaban J connectivity index is 1.77. The lowest BCUT2D eigenvalue weighted by Crippen LogP contribution is -2.49. The van der Waals surface area contributed by atoms with Crippen LogP contribution in [0.5, 0.6) is 0 Å². The van der Waals surface area contributed by atoms with Gasteiger partial charge < -0.3 is 19.1 Å². The van der Waals surface area contributed by atoms with Gasteiger partial charge in [0.2, 0.25) is 0 Å². The van der Waals surface area contributed by atoms with Gasteiger partial charge in [0, 0.05) is 45.2 Å². The van der Waals surface area contributed by atoms with Crippen LogP contribution in [-0.2, 0) is 16.6 Å². The minimum absolute atomic E-state index is 0.151. The van der Waals surface area contributed by atoms with Crippen molar-refractivity contribution in [1.82, 2.24) is 14.4 Å². The van der Waals surface area contributed by atoms with Crippen LogP contribution in [-0.4, -0.2) is 70.0 Å². The highest BCUT2D eigenvalue weighted by Crippen LogP contribution is 2.36. The lowest BCUT2D eigenvalue weighted by Gasteiger charge is -2.36. The van der Waals surface area contributed by atoms with Crippen LogP contribution in [0.15, 0.2) is 34.0 Å². The number of amides is 2. The molecule has 2 saturated heterocycles. The number of para-hydroxylation sites is 1. The van der Waals surface area contributed by atoms with Crippen LogP contribution in [0.3, 0.4) is 0 Å². The number of unbranched alkanes of at least 4 members (excludes halogenated alkanes) is 1. The molecule has 4 rings (SSSR count). The van der Waals surface area contributed by atoms with E-state index in [-0.39, 0.29) is 17.6 Å². The Morgan fingerprint density at radius 1 is 1.14 bits per heavy atom. The summed E-state index contributed by atoms with van der Waals surface area (Å²) in [5, 5.41) is 0.923. The molecule has 2 aliphatic heterocycles. The van der Waals surface area contributed by atoms with Crippen molar-refractivity contribution in [2.24, 2.45) is 7.05 Å². The summed E-state index contributed by atoms with van der Waals surface area (Å²) >= 11 is 6.71. The summed E-state index contributed by atoms with van der Waals surface area (Å²) < 4.78 is 7.30. The molecule has 10 heteroatoms. The molecule has 0 unspecified atom stereocenters. The summed E-state index contributed by atoms with van der Waals surface area (Å²) in [6.45, 7) is 6.84. The number of nitrogens with zero attached hydrogens (tertiary/aromatic N) is 4. The van der Waals surface area contributed by atoms with Crippen molar-refractivity contribution in [3.63, 3.8) is 0 Å². The molecule has 0 aliphatic carbocycles. The quantitative estimate of drug-likeness (QED) is 0.429. The molecule has 3 heterocycles. The SMILES string of the molecule is CCCCN1C(=O)C(=Cc2c(N3CCN(C(=O)OCC)CC3)c3ccccc3n(C)c2=O)SC1=S. The highest BCUT2D eigenvalue weighted by molar-refractivity contribution is 8.26. The van der Waals surface area contributed by atoms with E-state index >= 15 is 0 Å². The second-order valence-electron chi connectivity index (χ2n) is 8.50. The second-order valence-corrected chi connectivity index (χ2v) is 10.2. The Labute approximate surface area is 214 Å². The molecule has 0 spiro atoms. The number of ether oxygens (including phenoxy) is 1. The number of hydrogen-bond acceptors (Lipinski definition) is 7. The molecule has 0 saturated carbocycles. The maximum Gasteiger partial charge on any atom is 0.409 e. The lowest BCUT2D eigenvalue weighted by atomic mass is 10.1. The van der Waals surface area contributed by atoms with Crippen molar-refractivity contribution in [1.29, 1.82) is 0 Å². The van der Waals surface area contributed by atoms with Crippen LogP contribution in [0.1, 0.15) is 32.3 Å². The highest BCUT2D eigenvalue weighted by atomic mass is 32.2. The number of anilines is 1. The molecule has 8 nitrogen and oxygen atoms in total. The Bertz CT molecular complexity index is 1250. The zero-order valence-corrected chi connectivity index (χ0v) is 21.9. The largest absolute Gasteiger partial charge is 0.450 e. The minimum atomic E-state index is -0.322. The van der Waals surface area contributed by atoms with Gasteiger partial charge in [-0.2, -0.15) is 0 Å².